The van der Waals surface area contributed by atoms with Crippen LogP contribution in [0.15, 0.2) is 64.6 Å². The van der Waals surface area contributed by atoms with Crippen molar-refractivity contribution in [3.63, 3.8) is 0 Å². The van der Waals surface area contributed by atoms with Crippen molar-refractivity contribution in [3.8, 4) is 0 Å². The number of benzene rings is 1. The summed E-state index contributed by atoms with van der Waals surface area (Å²) in [6.45, 7) is 4.18. The zero-order chi connectivity index (χ0) is 22.3. The van der Waals surface area contributed by atoms with Gasteiger partial charge in [0.05, 0.1) is 12.3 Å². The molecule has 0 saturated carbocycles. The number of furan rings is 1. The van der Waals surface area contributed by atoms with E-state index in [1.807, 2.05) is 30.0 Å². The van der Waals surface area contributed by atoms with Crippen LogP contribution in [0.3, 0.4) is 0 Å². The van der Waals surface area contributed by atoms with Crippen molar-refractivity contribution in [3.05, 3.63) is 81.9 Å². The van der Waals surface area contributed by atoms with Gasteiger partial charge < -0.3 is 19.0 Å². The molecule has 32 heavy (non-hydrogen) atoms. The Labute approximate surface area is 192 Å². The Morgan fingerprint density at radius 2 is 2.03 bits per heavy atom. The predicted octanol–water partition coefficient (Wildman–Crippen LogP) is 4.38. The molecule has 3 aromatic rings. The number of nitrogens with zero attached hydrogens (tertiary/aromatic N) is 2. The van der Waals surface area contributed by atoms with Crippen molar-refractivity contribution in [2.75, 3.05) is 32.8 Å². The van der Waals surface area contributed by atoms with Gasteiger partial charge in [0, 0.05) is 31.2 Å². The average molecular weight is 453 g/mol. The molecular weight excluding hydrogens is 424 g/mol. The number of amides is 2. The molecule has 0 spiro atoms. The Balaban J connectivity index is 1.55. The standard InChI is InChI=1S/C25H28N2O4S/c1-2-30-15-7-13-26(25(29)21-10-6-16-31-21)18-23(28)27-14-11-22-20(12-17-32-22)24(27)19-8-4-3-5-9-19/h3-6,8-10,12,16-17,24H,2,7,11,13-15,18H2,1H3. The first-order valence-corrected chi connectivity index (χ1v) is 11.9. The van der Waals surface area contributed by atoms with E-state index in [0.29, 0.717) is 32.7 Å². The van der Waals surface area contributed by atoms with Gasteiger partial charge in [-0.05, 0) is 54.5 Å². The number of ether oxygens (including phenoxy) is 1. The molecule has 2 aromatic heterocycles. The summed E-state index contributed by atoms with van der Waals surface area (Å²) in [7, 11) is 0. The molecule has 0 aliphatic carbocycles. The Morgan fingerprint density at radius 3 is 2.78 bits per heavy atom. The van der Waals surface area contributed by atoms with Crippen molar-refractivity contribution in [2.45, 2.75) is 25.8 Å². The van der Waals surface area contributed by atoms with E-state index in [4.69, 9.17) is 9.15 Å². The van der Waals surface area contributed by atoms with Gasteiger partial charge >= 0.3 is 0 Å². The summed E-state index contributed by atoms with van der Waals surface area (Å²) in [4.78, 5) is 31.4. The molecular formula is C25H28N2O4S. The lowest BCUT2D eigenvalue weighted by Crippen LogP contribution is -2.47. The third-order valence-corrected chi connectivity index (χ3v) is 6.66. The highest BCUT2D eigenvalue weighted by Gasteiger charge is 2.34. The van der Waals surface area contributed by atoms with Gasteiger partial charge in [0.15, 0.2) is 5.76 Å². The van der Waals surface area contributed by atoms with E-state index in [1.165, 1.54) is 16.7 Å². The zero-order valence-corrected chi connectivity index (χ0v) is 19.1. The summed E-state index contributed by atoms with van der Waals surface area (Å²) in [6.07, 6.45) is 2.96. The number of rotatable bonds is 9. The first-order valence-electron chi connectivity index (χ1n) is 11.0. The highest BCUT2D eigenvalue weighted by atomic mass is 32.1. The molecule has 2 amide bonds. The van der Waals surface area contributed by atoms with Gasteiger partial charge in [0.25, 0.3) is 5.91 Å². The van der Waals surface area contributed by atoms with E-state index in [9.17, 15) is 9.59 Å². The summed E-state index contributed by atoms with van der Waals surface area (Å²) < 4.78 is 10.7. The van der Waals surface area contributed by atoms with Gasteiger partial charge in [0.1, 0.15) is 6.54 Å². The first kappa shape index (κ1) is 22.3. The normalized spacial score (nSPS) is 15.4. The molecule has 3 heterocycles. The second kappa shape index (κ2) is 10.6. The Bertz CT molecular complexity index is 1020. The summed E-state index contributed by atoms with van der Waals surface area (Å²) in [5.74, 6) is -0.0936. The number of hydrogen-bond donors (Lipinski definition) is 0. The molecule has 0 fully saturated rings. The zero-order valence-electron chi connectivity index (χ0n) is 18.2. The van der Waals surface area contributed by atoms with Crippen LogP contribution in [0.1, 0.15) is 45.9 Å². The molecule has 0 saturated heterocycles. The average Bonchev–Trinajstić information content (AvgIpc) is 3.52. The highest BCUT2D eigenvalue weighted by Crippen LogP contribution is 2.37. The molecule has 0 bridgehead atoms. The third kappa shape index (κ3) is 4.95. The summed E-state index contributed by atoms with van der Waals surface area (Å²) in [6, 6.07) is 15.4. The minimum atomic E-state index is -0.274. The van der Waals surface area contributed by atoms with Gasteiger partial charge in [-0.15, -0.1) is 11.3 Å². The van der Waals surface area contributed by atoms with Gasteiger partial charge in [-0.3, -0.25) is 9.59 Å². The van der Waals surface area contributed by atoms with Crippen molar-refractivity contribution in [2.24, 2.45) is 0 Å². The third-order valence-electron chi connectivity index (χ3n) is 5.67. The molecule has 1 aromatic carbocycles. The van der Waals surface area contributed by atoms with Crippen molar-refractivity contribution in [1.29, 1.82) is 0 Å². The lowest BCUT2D eigenvalue weighted by Gasteiger charge is -2.37. The number of carbonyl (C=O) groups excluding carboxylic acids is 2. The SMILES string of the molecule is CCOCCCN(CC(=O)N1CCc2sccc2C1c1ccccc1)C(=O)c1ccco1. The highest BCUT2D eigenvalue weighted by molar-refractivity contribution is 7.10. The maximum atomic E-state index is 13.6. The van der Waals surface area contributed by atoms with E-state index in [0.717, 1.165) is 12.0 Å². The van der Waals surface area contributed by atoms with Crippen LogP contribution < -0.4 is 0 Å². The second-order valence-electron chi connectivity index (χ2n) is 7.70. The van der Waals surface area contributed by atoms with Crippen LogP contribution >= 0.6 is 11.3 Å². The lowest BCUT2D eigenvalue weighted by atomic mass is 9.93. The van der Waals surface area contributed by atoms with E-state index in [-0.39, 0.29) is 30.2 Å². The van der Waals surface area contributed by atoms with Crippen molar-refractivity contribution >= 4 is 23.2 Å². The largest absolute Gasteiger partial charge is 0.459 e. The molecule has 168 valence electrons. The first-order chi connectivity index (χ1) is 15.7. The molecule has 1 atom stereocenters. The second-order valence-corrected chi connectivity index (χ2v) is 8.70. The molecule has 1 unspecified atom stereocenters. The Kier molecular flexibility index (Phi) is 7.39. The minimum Gasteiger partial charge on any atom is -0.459 e. The molecule has 0 radical (unpaired) electrons. The topological polar surface area (TPSA) is 63.0 Å². The summed E-state index contributed by atoms with van der Waals surface area (Å²) >= 11 is 1.74. The Hall–Kier alpha value is -2.90. The van der Waals surface area contributed by atoms with Crippen LogP contribution in [0.2, 0.25) is 0 Å². The monoisotopic (exact) mass is 452 g/mol. The number of carbonyl (C=O) groups is 2. The summed E-state index contributed by atoms with van der Waals surface area (Å²) in [5.41, 5.74) is 2.27. The fourth-order valence-electron chi connectivity index (χ4n) is 4.14. The van der Waals surface area contributed by atoms with Gasteiger partial charge in [-0.1, -0.05) is 30.3 Å². The number of fused-ring (bicyclic) bond motifs is 1. The van der Waals surface area contributed by atoms with E-state index >= 15 is 0 Å². The van der Waals surface area contributed by atoms with E-state index in [1.54, 1.807) is 28.4 Å². The van der Waals surface area contributed by atoms with Crippen LogP contribution in [0, 0.1) is 0 Å². The molecule has 1 aliphatic rings. The van der Waals surface area contributed by atoms with Crippen molar-refractivity contribution < 1.29 is 18.7 Å². The smallest absolute Gasteiger partial charge is 0.290 e. The fraction of sp³-hybridized carbons (Fsp3) is 0.360. The molecule has 4 rings (SSSR count). The van der Waals surface area contributed by atoms with E-state index < -0.39 is 0 Å². The van der Waals surface area contributed by atoms with Crippen molar-refractivity contribution in [1.82, 2.24) is 9.80 Å². The quantitative estimate of drug-likeness (QED) is 0.452. The van der Waals surface area contributed by atoms with Gasteiger partial charge in [-0.25, -0.2) is 0 Å². The van der Waals surface area contributed by atoms with Gasteiger partial charge in [-0.2, -0.15) is 0 Å². The molecule has 1 aliphatic heterocycles. The van der Waals surface area contributed by atoms with E-state index in [2.05, 4.69) is 23.6 Å². The summed E-state index contributed by atoms with van der Waals surface area (Å²) in [5, 5.41) is 2.09. The van der Waals surface area contributed by atoms with Crippen LogP contribution in [-0.2, 0) is 16.0 Å². The minimum absolute atomic E-state index is 0.00840. The van der Waals surface area contributed by atoms with Crippen LogP contribution in [0.4, 0.5) is 0 Å². The number of thiophene rings is 1. The molecule has 6 nitrogen and oxygen atoms in total. The van der Waals surface area contributed by atoms with Crippen LogP contribution in [0.5, 0.6) is 0 Å². The molecule has 0 N–H and O–H groups in total. The lowest BCUT2D eigenvalue weighted by molar-refractivity contribution is -0.134. The fourth-order valence-corrected chi connectivity index (χ4v) is 5.05. The molecule has 7 heteroatoms. The number of hydrogen-bond acceptors (Lipinski definition) is 5. The Morgan fingerprint density at radius 1 is 1.19 bits per heavy atom. The van der Waals surface area contributed by atoms with Crippen LogP contribution in [-0.4, -0.2) is 54.5 Å². The maximum absolute atomic E-state index is 13.6. The predicted molar refractivity (Wildman–Crippen MR) is 124 cm³/mol. The van der Waals surface area contributed by atoms with Crippen LogP contribution in [0.25, 0.3) is 0 Å². The maximum Gasteiger partial charge on any atom is 0.290 e. The van der Waals surface area contributed by atoms with Gasteiger partial charge in [0.2, 0.25) is 5.91 Å².